The lowest BCUT2D eigenvalue weighted by atomic mass is 10.2. The molecule has 35 heavy (non-hydrogen) atoms. The van der Waals surface area contributed by atoms with Crippen molar-refractivity contribution in [3.05, 3.63) is 66.2 Å². The Morgan fingerprint density at radius 3 is 1.97 bits per heavy atom. The number of rotatable bonds is 9. The summed E-state index contributed by atoms with van der Waals surface area (Å²) >= 11 is 0. The molecule has 0 aliphatic rings. The number of nitrogens with one attached hydrogen (secondary N) is 3. The van der Waals surface area contributed by atoms with E-state index in [1.165, 1.54) is 39.3 Å². The van der Waals surface area contributed by atoms with Gasteiger partial charge in [-0.15, -0.1) is 0 Å². The zero-order chi connectivity index (χ0) is 25.6. The zero-order valence-electron chi connectivity index (χ0n) is 19.8. The molecule has 3 aromatic rings. The Bertz CT molecular complexity index is 1320. The molecule has 2 amide bonds. The molecular formula is C25H27N3O6S. The molecule has 0 aliphatic carbocycles. The van der Waals surface area contributed by atoms with Gasteiger partial charge in [0, 0.05) is 18.3 Å². The molecule has 0 aliphatic heterocycles. The Balaban J connectivity index is 1.86. The molecule has 3 rings (SSSR count). The summed E-state index contributed by atoms with van der Waals surface area (Å²) in [4.78, 5) is 23.6. The maximum Gasteiger partial charge on any atom is 0.243 e. The first-order valence-corrected chi connectivity index (χ1v) is 12.1. The van der Waals surface area contributed by atoms with Crippen LogP contribution in [-0.2, 0) is 19.4 Å². The van der Waals surface area contributed by atoms with E-state index in [4.69, 9.17) is 9.47 Å². The summed E-state index contributed by atoms with van der Waals surface area (Å²) in [5, 5.41) is 8.27. The van der Waals surface area contributed by atoms with Crippen molar-refractivity contribution in [2.45, 2.75) is 23.6 Å². The summed E-state index contributed by atoms with van der Waals surface area (Å²) in [6.07, 6.45) is 0. The van der Waals surface area contributed by atoms with Gasteiger partial charge in [0.1, 0.15) is 4.90 Å². The van der Waals surface area contributed by atoms with Gasteiger partial charge in [-0.25, -0.2) is 8.42 Å². The molecule has 0 unspecified atom stereocenters. The van der Waals surface area contributed by atoms with Gasteiger partial charge in [0.15, 0.2) is 11.5 Å². The van der Waals surface area contributed by atoms with Crippen molar-refractivity contribution in [1.82, 2.24) is 0 Å². The van der Waals surface area contributed by atoms with Gasteiger partial charge >= 0.3 is 0 Å². The topological polar surface area (TPSA) is 123 Å². The number of carbonyl (C=O) groups excluding carboxylic acids is 2. The summed E-state index contributed by atoms with van der Waals surface area (Å²) in [5.74, 6) is -0.317. The first kappa shape index (κ1) is 25.6. The van der Waals surface area contributed by atoms with Gasteiger partial charge in [-0.2, -0.15) is 0 Å². The number of carbonyl (C=O) groups is 2. The lowest BCUT2D eigenvalue weighted by molar-refractivity contribution is -0.115. The van der Waals surface area contributed by atoms with E-state index in [0.29, 0.717) is 11.4 Å². The minimum atomic E-state index is -4.02. The number of aryl methyl sites for hydroxylation is 1. The first-order chi connectivity index (χ1) is 16.6. The molecule has 9 nitrogen and oxygen atoms in total. The van der Waals surface area contributed by atoms with Crippen LogP contribution >= 0.6 is 0 Å². The van der Waals surface area contributed by atoms with Crippen molar-refractivity contribution in [3.63, 3.8) is 0 Å². The number of ether oxygens (including phenoxy) is 2. The molecule has 0 aromatic heterocycles. The van der Waals surface area contributed by atoms with Crippen molar-refractivity contribution in [3.8, 4) is 11.5 Å². The van der Waals surface area contributed by atoms with Crippen LogP contribution in [0.4, 0.5) is 17.1 Å². The van der Waals surface area contributed by atoms with Crippen LogP contribution in [0.3, 0.4) is 0 Å². The minimum Gasteiger partial charge on any atom is -0.493 e. The third kappa shape index (κ3) is 6.10. The third-order valence-corrected chi connectivity index (χ3v) is 6.86. The monoisotopic (exact) mass is 497 g/mol. The Kier molecular flexibility index (Phi) is 7.98. The van der Waals surface area contributed by atoms with E-state index in [2.05, 4.69) is 16.0 Å². The molecule has 0 radical (unpaired) electrons. The van der Waals surface area contributed by atoms with Crippen LogP contribution in [0.25, 0.3) is 0 Å². The van der Waals surface area contributed by atoms with E-state index >= 15 is 0 Å². The van der Waals surface area contributed by atoms with Crippen molar-refractivity contribution in [2.75, 3.05) is 36.7 Å². The number of sulfone groups is 1. The Hall–Kier alpha value is -4.05. The van der Waals surface area contributed by atoms with Crippen LogP contribution in [0.5, 0.6) is 11.5 Å². The van der Waals surface area contributed by atoms with Crippen molar-refractivity contribution in [1.29, 1.82) is 0 Å². The van der Waals surface area contributed by atoms with Crippen LogP contribution in [0.2, 0.25) is 0 Å². The maximum absolute atomic E-state index is 13.6. The second kappa shape index (κ2) is 10.9. The summed E-state index contributed by atoms with van der Waals surface area (Å²) < 4.78 is 37.8. The molecule has 0 saturated carbocycles. The Labute approximate surface area is 204 Å². The fourth-order valence-corrected chi connectivity index (χ4v) is 4.95. The van der Waals surface area contributed by atoms with Gasteiger partial charge in [-0.1, -0.05) is 17.7 Å². The molecule has 0 bridgehead atoms. The second-order valence-electron chi connectivity index (χ2n) is 7.65. The molecule has 0 saturated heterocycles. The van der Waals surface area contributed by atoms with Gasteiger partial charge in [0.2, 0.25) is 21.7 Å². The van der Waals surface area contributed by atoms with Crippen LogP contribution in [0.1, 0.15) is 12.5 Å². The largest absolute Gasteiger partial charge is 0.493 e. The van der Waals surface area contributed by atoms with Gasteiger partial charge in [0.25, 0.3) is 0 Å². The van der Waals surface area contributed by atoms with E-state index in [0.717, 1.165) is 5.56 Å². The van der Waals surface area contributed by atoms with Gasteiger partial charge in [0.05, 0.1) is 31.3 Å². The van der Waals surface area contributed by atoms with E-state index in [1.807, 2.05) is 6.92 Å². The molecule has 3 aromatic carbocycles. The molecule has 184 valence electrons. The minimum absolute atomic E-state index is 0.0343. The molecule has 0 heterocycles. The number of benzene rings is 3. The predicted molar refractivity (Wildman–Crippen MR) is 134 cm³/mol. The highest BCUT2D eigenvalue weighted by atomic mass is 32.2. The number of methoxy groups -OCH3 is 2. The van der Waals surface area contributed by atoms with Crippen LogP contribution in [-0.4, -0.2) is 41.0 Å². The molecule has 10 heteroatoms. The highest BCUT2D eigenvalue weighted by molar-refractivity contribution is 7.91. The third-order valence-electron chi connectivity index (χ3n) is 5.03. The first-order valence-electron chi connectivity index (χ1n) is 10.6. The summed E-state index contributed by atoms with van der Waals surface area (Å²) in [5.41, 5.74) is 2.23. The van der Waals surface area contributed by atoms with E-state index in [-0.39, 0.29) is 39.4 Å². The Morgan fingerprint density at radius 2 is 1.43 bits per heavy atom. The second-order valence-corrected chi connectivity index (χ2v) is 9.54. The van der Waals surface area contributed by atoms with Crippen LogP contribution < -0.4 is 25.4 Å². The van der Waals surface area contributed by atoms with Crippen molar-refractivity contribution >= 4 is 38.7 Å². The van der Waals surface area contributed by atoms with Crippen LogP contribution in [0, 0.1) is 6.92 Å². The summed E-state index contributed by atoms with van der Waals surface area (Å²) in [6.45, 7) is 3.06. The molecule has 0 fully saturated rings. The number of anilines is 3. The highest BCUT2D eigenvalue weighted by Crippen LogP contribution is 2.42. The van der Waals surface area contributed by atoms with E-state index in [9.17, 15) is 18.0 Å². The predicted octanol–water partition coefficient (Wildman–Crippen LogP) is 3.85. The van der Waals surface area contributed by atoms with Crippen molar-refractivity contribution < 1.29 is 27.5 Å². The molecule has 0 atom stereocenters. The van der Waals surface area contributed by atoms with Crippen molar-refractivity contribution in [2.24, 2.45) is 0 Å². The number of hydrogen-bond donors (Lipinski definition) is 3. The zero-order valence-corrected chi connectivity index (χ0v) is 20.7. The summed E-state index contributed by atoms with van der Waals surface area (Å²) in [7, 11) is -1.25. The molecule has 0 spiro atoms. The quantitative estimate of drug-likeness (QED) is 0.410. The van der Waals surface area contributed by atoms with Gasteiger partial charge in [-0.05, 0) is 55.5 Å². The Morgan fingerprint density at radius 1 is 0.829 bits per heavy atom. The maximum atomic E-state index is 13.6. The fraction of sp³-hybridized carbons (Fsp3) is 0.200. The lowest BCUT2D eigenvalue weighted by Gasteiger charge is -2.18. The fourth-order valence-electron chi connectivity index (χ4n) is 3.36. The number of hydrogen-bond acceptors (Lipinski definition) is 7. The summed E-state index contributed by atoms with van der Waals surface area (Å²) in [6, 6.07) is 16.1. The van der Waals surface area contributed by atoms with Gasteiger partial charge < -0.3 is 25.4 Å². The highest BCUT2D eigenvalue weighted by Gasteiger charge is 2.29. The van der Waals surface area contributed by atoms with Gasteiger partial charge in [-0.3, -0.25) is 9.59 Å². The molecular weight excluding hydrogens is 470 g/mol. The number of amides is 2. The standard InChI is InChI=1S/C25H27N3O6S/c1-16-5-11-20(12-6-16)35(31,32)25-21(13-14-22(33-3)24(25)34-4)26-15-23(30)28-19-9-7-18(8-10-19)27-17(2)29/h5-14,26H,15H2,1-4H3,(H,27,29)(H,28,30). The lowest BCUT2D eigenvalue weighted by Crippen LogP contribution is -2.23. The normalized spacial score (nSPS) is 10.9. The van der Waals surface area contributed by atoms with E-state index in [1.54, 1.807) is 42.5 Å². The SMILES string of the molecule is COc1ccc(NCC(=O)Nc2ccc(NC(C)=O)cc2)c(S(=O)(=O)c2ccc(C)cc2)c1OC. The average Bonchev–Trinajstić information content (AvgIpc) is 2.83. The smallest absolute Gasteiger partial charge is 0.243 e. The average molecular weight is 498 g/mol. The molecule has 3 N–H and O–H groups in total. The van der Waals surface area contributed by atoms with Crippen LogP contribution in [0.15, 0.2) is 70.5 Å². The van der Waals surface area contributed by atoms with E-state index < -0.39 is 15.7 Å².